The van der Waals surface area contributed by atoms with Crippen LogP contribution in [0.3, 0.4) is 0 Å². The summed E-state index contributed by atoms with van der Waals surface area (Å²) in [4.78, 5) is 18.1. The molecule has 0 bridgehead atoms. The van der Waals surface area contributed by atoms with Gasteiger partial charge in [-0.3, -0.25) is 4.79 Å². The van der Waals surface area contributed by atoms with E-state index in [4.69, 9.17) is 0 Å². The second kappa shape index (κ2) is 8.28. The summed E-state index contributed by atoms with van der Waals surface area (Å²) in [5, 5.41) is 10.1. The molecule has 1 saturated heterocycles. The fraction of sp³-hybridized carbons (Fsp3) is 0.455. The van der Waals surface area contributed by atoms with Gasteiger partial charge < -0.3 is 10.0 Å². The Bertz CT molecular complexity index is 1150. The van der Waals surface area contributed by atoms with Crippen LogP contribution in [0.25, 0.3) is 0 Å². The van der Waals surface area contributed by atoms with Crippen molar-refractivity contribution in [1.29, 1.82) is 0 Å². The number of carboxylic acids is 1. The van der Waals surface area contributed by atoms with E-state index in [-0.39, 0.29) is 26.1 Å². The van der Waals surface area contributed by atoms with Gasteiger partial charge in [-0.25, -0.2) is 13.4 Å². The molecular formula is C22H24F3N3O4S. The Morgan fingerprint density at radius 3 is 2.55 bits per heavy atom. The van der Waals surface area contributed by atoms with Crippen molar-refractivity contribution in [2.24, 2.45) is 0 Å². The quantitative estimate of drug-likeness (QED) is 0.702. The number of aliphatic carboxylic acids is 1. The number of hydrogen-bond donors (Lipinski definition) is 1. The number of aryl methyl sites for hydroxylation is 1. The third-order valence-corrected chi connectivity index (χ3v) is 9.17. The topological polar surface area (TPSA) is 90.8 Å². The molecule has 0 amide bonds. The Morgan fingerprint density at radius 1 is 1.21 bits per heavy atom. The zero-order chi connectivity index (χ0) is 24.0. The van der Waals surface area contributed by atoms with Gasteiger partial charge in [-0.1, -0.05) is 31.2 Å². The molecule has 0 spiro atoms. The van der Waals surface area contributed by atoms with Crippen molar-refractivity contribution in [2.45, 2.75) is 43.2 Å². The first-order chi connectivity index (χ1) is 15.5. The van der Waals surface area contributed by atoms with Gasteiger partial charge >= 0.3 is 12.1 Å². The molecule has 1 aromatic heterocycles. The SMILES string of the molecule is CCC1CN(c2ccc(C(F)(F)F)cn2)CCN1S(=O)(=O)C1(C(=O)O)CCc2ccccc21. The van der Waals surface area contributed by atoms with Crippen LogP contribution in [0.15, 0.2) is 42.6 Å². The maximum Gasteiger partial charge on any atom is 0.417 e. The van der Waals surface area contributed by atoms with Gasteiger partial charge in [0.05, 0.1) is 5.56 Å². The van der Waals surface area contributed by atoms with Crippen molar-refractivity contribution in [3.05, 3.63) is 59.3 Å². The minimum Gasteiger partial charge on any atom is -0.480 e. The number of alkyl halides is 3. The van der Waals surface area contributed by atoms with Crippen molar-refractivity contribution in [1.82, 2.24) is 9.29 Å². The van der Waals surface area contributed by atoms with Crippen LogP contribution in [-0.4, -0.2) is 54.5 Å². The van der Waals surface area contributed by atoms with E-state index in [0.29, 0.717) is 29.8 Å². The molecule has 4 rings (SSSR count). The normalized spacial score (nSPS) is 24.0. The highest BCUT2D eigenvalue weighted by molar-refractivity contribution is 7.90. The number of pyridine rings is 1. The first-order valence-corrected chi connectivity index (χ1v) is 12.1. The standard InChI is InChI=1S/C22H24F3N3O4S/c1-2-17-14-27(19-8-7-16(13-26-19)22(23,24)25)11-12-28(17)33(31,32)21(20(29)30)10-9-15-5-3-4-6-18(15)21/h3-8,13,17H,2,9-12,14H2,1H3,(H,29,30). The van der Waals surface area contributed by atoms with E-state index >= 15 is 0 Å². The summed E-state index contributed by atoms with van der Waals surface area (Å²) in [5.74, 6) is -1.08. The van der Waals surface area contributed by atoms with Gasteiger partial charge in [-0.2, -0.15) is 17.5 Å². The Kier molecular flexibility index (Phi) is 5.90. The fourth-order valence-corrected chi connectivity index (χ4v) is 7.20. The van der Waals surface area contributed by atoms with Crippen LogP contribution >= 0.6 is 0 Å². The van der Waals surface area contributed by atoms with E-state index in [0.717, 1.165) is 12.3 Å². The van der Waals surface area contributed by atoms with Crippen LogP contribution in [0, 0.1) is 0 Å². The van der Waals surface area contributed by atoms with Crippen molar-refractivity contribution >= 4 is 21.8 Å². The van der Waals surface area contributed by atoms with Crippen molar-refractivity contribution in [3.8, 4) is 0 Å². The second-order valence-corrected chi connectivity index (χ2v) is 10.4. The summed E-state index contributed by atoms with van der Waals surface area (Å²) in [6.07, 6.45) is -3.01. The van der Waals surface area contributed by atoms with Gasteiger partial charge in [0.15, 0.2) is 0 Å². The molecule has 2 unspecified atom stereocenters. The van der Waals surface area contributed by atoms with Crippen LogP contribution in [0.5, 0.6) is 0 Å². The first-order valence-electron chi connectivity index (χ1n) is 10.6. The molecule has 0 radical (unpaired) electrons. The second-order valence-electron chi connectivity index (χ2n) is 8.32. The average Bonchev–Trinajstić information content (AvgIpc) is 3.19. The molecular weight excluding hydrogens is 459 g/mol. The number of halogens is 3. The van der Waals surface area contributed by atoms with Gasteiger partial charge in [-0.05, 0) is 42.5 Å². The number of nitrogens with zero attached hydrogens (tertiary/aromatic N) is 3. The summed E-state index contributed by atoms with van der Waals surface area (Å²) >= 11 is 0. The Hall–Kier alpha value is -2.66. The number of aromatic nitrogens is 1. The lowest BCUT2D eigenvalue weighted by molar-refractivity contribution is -0.140. The van der Waals surface area contributed by atoms with Gasteiger partial charge in [0.25, 0.3) is 0 Å². The molecule has 0 saturated carbocycles. The Balaban J connectivity index is 1.63. The summed E-state index contributed by atoms with van der Waals surface area (Å²) in [5.41, 5.74) is 0.158. The monoisotopic (exact) mass is 483 g/mol. The number of hydrogen-bond acceptors (Lipinski definition) is 5. The summed E-state index contributed by atoms with van der Waals surface area (Å²) in [6, 6.07) is 8.39. The lowest BCUT2D eigenvalue weighted by Crippen LogP contribution is -2.60. The van der Waals surface area contributed by atoms with Crippen molar-refractivity contribution in [3.63, 3.8) is 0 Å². The number of rotatable bonds is 5. The largest absolute Gasteiger partial charge is 0.480 e. The molecule has 2 heterocycles. The smallest absolute Gasteiger partial charge is 0.417 e. The third-order valence-electron chi connectivity index (χ3n) is 6.59. The Labute approximate surface area is 189 Å². The van der Waals surface area contributed by atoms with Gasteiger partial charge in [0, 0.05) is 31.9 Å². The minimum absolute atomic E-state index is 0.0146. The fourth-order valence-electron chi connectivity index (χ4n) is 4.81. The number of piperazine rings is 1. The van der Waals surface area contributed by atoms with Crippen LogP contribution in [0.4, 0.5) is 19.0 Å². The molecule has 1 N–H and O–H groups in total. The highest BCUT2D eigenvalue weighted by atomic mass is 32.2. The van der Waals surface area contributed by atoms with Crippen molar-refractivity contribution in [2.75, 3.05) is 24.5 Å². The molecule has 1 aliphatic carbocycles. The van der Waals surface area contributed by atoms with Crippen LogP contribution in [0.2, 0.25) is 0 Å². The number of benzene rings is 1. The van der Waals surface area contributed by atoms with Crippen molar-refractivity contribution < 1.29 is 31.5 Å². The summed E-state index contributed by atoms with van der Waals surface area (Å²) in [6.45, 7) is 2.20. The van der Waals surface area contributed by atoms with Gasteiger partial charge in [0.1, 0.15) is 5.82 Å². The number of sulfonamides is 1. The zero-order valence-corrected chi connectivity index (χ0v) is 18.7. The Morgan fingerprint density at radius 2 is 1.94 bits per heavy atom. The highest BCUT2D eigenvalue weighted by Crippen LogP contribution is 2.46. The van der Waals surface area contributed by atoms with Crippen LogP contribution in [0.1, 0.15) is 36.5 Å². The van der Waals surface area contributed by atoms with Crippen LogP contribution in [-0.2, 0) is 32.2 Å². The number of anilines is 1. The average molecular weight is 484 g/mol. The predicted octanol–water partition coefficient (Wildman–Crippen LogP) is 3.26. The predicted molar refractivity (Wildman–Crippen MR) is 115 cm³/mol. The molecule has 2 atom stereocenters. The van der Waals surface area contributed by atoms with Crippen LogP contribution < -0.4 is 4.90 Å². The molecule has 11 heteroatoms. The number of carbonyl (C=O) groups is 1. The van der Waals surface area contributed by atoms with Gasteiger partial charge in [0.2, 0.25) is 14.8 Å². The molecule has 2 aromatic rings. The summed E-state index contributed by atoms with van der Waals surface area (Å²) in [7, 11) is -4.29. The van der Waals surface area contributed by atoms with E-state index in [1.54, 1.807) is 36.1 Å². The summed E-state index contributed by atoms with van der Waals surface area (Å²) < 4.78 is 65.5. The van der Waals surface area contributed by atoms with E-state index in [9.17, 15) is 31.5 Å². The minimum atomic E-state index is -4.49. The molecule has 7 nitrogen and oxygen atoms in total. The lowest BCUT2D eigenvalue weighted by atomic mass is 10.0. The molecule has 1 fully saturated rings. The number of fused-ring (bicyclic) bond motifs is 1. The lowest BCUT2D eigenvalue weighted by Gasteiger charge is -2.43. The first kappa shape index (κ1) is 23.5. The van der Waals surface area contributed by atoms with E-state index in [1.807, 2.05) is 0 Å². The van der Waals surface area contributed by atoms with E-state index in [2.05, 4.69) is 4.98 Å². The molecule has 1 aromatic carbocycles. The molecule has 178 valence electrons. The van der Waals surface area contributed by atoms with Gasteiger partial charge in [-0.15, -0.1) is 0 Å². The number of carboxylic acid groups (broad SMARTS) is 1. The van der Waals surface area contributed by atoms with E-state index in [1.165, 1.54) is 10.4 Å². The highest BCUT2D eigenvalue weighted by Gasteiger charge is 2.59. The zero-order valence-electron chi connectivity index (χ0n) is 17.9. The molecule has 2 aliphatic rings. The maximum absolute atomic E-state index is 13.9. The molecule has 33 heavy (non-hydrogen) atoms. The maximum atomic E-state index is 13.9. The third kappa shape index (κ3) is 3.76. The van der Waals surface area contributed by atoms with E-state index < -0.39 is 38.5 Å². The molecule has 1 aliphatic heterocycles.